The Balaban J connectivity index is 2.32. The first-order chi connectivity index (χ1) is 8.59. The molecule has 1 aromatic heterocycles. The van der Waals surface area contributed by atoms with Crippen molar-refractivity contribution in [1.29, 1.82) is 0 Å². The van der Waals surface area contributed by atoms with Crippen LogP contribution in [0.15, 0.2) is 42.7 Å². The maximum Gasteiger partial charge on any atom is 0.171 e. The minimum Gasteiger partial charge on any atom is -0.293 e. The quantitative estimate of drug-likeness (QED) is 0.781. The lowest BCUT2D eigenvalue weighted by Crippen LogP contribution is -2.10. The fourth-order valence-corrected chi connectivity index (χ4v) is 2.23. The van der Waals surface area contributed by atoms with E-state index < -0.39 is 0 Å². The van der Waals surface area contributed by atoms with E-state index in [2.05, 4.69) is 4.98 Å². The van der Waals surface area contributed by atoms with E-state index in [1.54, 1.807) is 30.6 Å². The Labute approximate surface area is 116 Å². The summed E-state index contributed by atoms with van der Waals surface area (Å²) in [5, 5.41) is 0.904. The molecule has 0 fully saturated rings. The van der Waals surface area contributed by atoms with E-state index in [0.717, 1.165) is 5.56 Å². The van der Waals surface area contributed by atoms with Gasteiger partial charge in [0.1, 0.15) is 0 Å². The van der Waals surface area contributed by atoms with Crippen LogP contribution >= 0.6 is 23.2 Å². The van der Waals surface area contributed by atoms with Gasteiger partial charge in [-0.25, -0.2) is 0 Å². The number of aromatic nitrogens is 1. The lowest BCUT2D eigenvalue weighted by atomic mass is 9.93. The van der Waals surface area contributed by atoms with Crippen molar-refractivity contribution in [3.63, 3.8) is 0 Å². The summed E-state index contributed by atoms with van der Waals surface area (Å²) < 4.78 is 0. The fraction of sp³-hybridized carbons (Fsp3) is 0.143. The molecule has 2 aromatic rings. The number of Topliss-reactive ketones (excluding diaryl/α,β-unsaturated/α-hetero) is 1. The molecule has 0 N–H and O–H groups in total. The molecule has 18 heavy (non-hydrogen) atoms. The van der Waals surface area contributed by atoms with Gasteiger partial charge in [0.05, 0.1) is 5.02 Å². The molecule has 0 bridgehead atoms. The first kappa shape index (κ1) is 13.1. The third-order valence-electron chi connectivity index (χ3n) is 2.80. The second kappa shape index (κ2) is 5.51. The van der Waals surface area contributed by atoms with Crippen LogP contribution in [0.5, 0.6) is 0 Å². The molecule has 0 aliphatic rings. The average molecular weight is 280 g/mol. The van der Waals surface area contributed by atoms with E-state index in [1.807, 2.05) is 19.1 Å². The normalized spacial score (nSPS) is 12.2. The molecule has 0 amide bonds. The molecule has 1 heterocycles. The van der Waals surface area contributed by atoms with Gasteiger partial charge in [0.15, 0.2) is 5.78 Å². The summed E-state index contributed by atoms with van der Waals surface area (Å²) in [6, 6.07) is 8.55. The van der Waals surface area contributed by atoms with Gasteiger partial charge in [-0.15, -0.1) is 0 Å². The molecule has 0 radical (unpaired) electrons. The average Bonchev–Trinajstić information content (AvgIpc) is 2.38. The highest BCUT2D eigenvalue weighted by Crippen LogP contribution is 2.26. The molecule has 92 valence electrons. The molecule has 1 unspecified atom stereocenters. The Morgan fingerprint density at radius 1 is 1.17 bits per heavy atom. The zero-order valence-electron chi connectivity index (χ0n) is 9.73. The molecule has 0 aliphatic carbocycles. The minimum absolute atomic E-state index is 0.0251. The number of rotatable bonds is 3. The van der Waals surface area contributed by atoms with Crippen molar-refractivity contribution < 1.29 is 4.79 Å². The van der Waals surface area contributed by atoms with E-state index in [9.17, 15) is 4.79 Å². The van der Waals surface area contributed by atoms with Gasteiger partial charge >= 0.3 is 0 Å². The van der Waals surface area contributed by atoms with Crippen LogP contribution in [-0.4, -0.2) is 10.8 Å². The van der Waals surface area contributed by atoms with E-state index in [0.29, 0.717) is 15.6 Å². The number of ketones is 1. The SMILES string of the molecule is CC(C(=O)c1ccc(Cl)cc1Cl)c1ccncc1. The number of hydrogen-bond acceptors (Lipinski definition) is 2. The lowest BCUT2D eigenvalue weighted by molar-refractivity contribution is 0.0966. The van der Waals surface area contributed by atoms with Crippen LogP contribution in [-0.2, 0) is 0 Å². The maximum atomic E-state index is 12.3. The minimum atomic E-state index is -0.258. The zero-order valence-corrected chi connectivity index (χ0v) is 11.2. The molecule has 4 heteroatoms. The van der Waals surface area contributed by atoms with Crippen molar-refractivity contribution >= 4 is 29.0 Å². The molecule has 0 saturated carbocycles. The summed E-state index contributed by atoms with van der Waals surface area (Å²) >= 11 is 11.9. The molecule has 2 nitrogen and oxygen atoms in total. The van der Waals surface area contributed by atoms with Crippen molar-refractivity contribution in [2.24, 2.45) is 0 Å². The van der Waals surface area contributed by atoms with Gasteiger partial charge in [-0.3, -0.25) is 9.78 Å². The van der Waals surface area contributed by atoms with Crippen molar-refractivity contribution in [3.8, 4) is 0 Å². The fourth-order valence-electron chi connectivity index (χ4n) is 1.73. The Hall–Kier alpha value is -1.38. The summed E-state index contributed by atoms with van der Waals surface area (Å²) in [5.41, 5.74) is 1.41. The first-order valence-electron chi connectivity index (χ1n) is 5.49. The van der Waals surface area contributed by atoms with E-state index >= 15 is 0 Å². The second-order valence-electron chi connectivity index (χ2n) is 3.99. The van der Waals surface area contributed by atoms with Gasteiger partial charge in [0, 0.05) is 28.9 Å². The van der Waals surface area contributed by atoms with Gasteiger partial charge in [-0.2, -0.15) is 0 Å². The van der Waals surface area contributed by atoms with Crippen LogP contribution in [0.3, 0.4) is 0 Å². The van der Waals surface area contributed by atoms with Gasteiger partial charge in [0.25, 0.3) is 0 Å². The Kier molecular flexibility index (Phi) is 4.00. The number of benzene rings is 1. The van der Waals surface area contributed by atoms with Crippen LogP contribution in [0.1, 0.15) is 28.8 Å². The predicted octanol–water partition coefficient (Wildman–Crippen LogP) is 4.37. The van der Waals surface area contributed by atoms with E-state index in [1.165, 1.54) is 0 Å². The van der Waals surface area contributed by atoms with Crippen LogP contribution < -0.4 is 0 Å². The number of hydrogen-bond donors (Lipinski definition) is 0. The summed E-state index contributed by atoms with van der Waals surface area (Å²) in [7, 11) is 0. The molecule has 1 aromatic carbocycles. The van der Waals surface area contributed by atoms with E-state index in [4.69, 9.17) is 23.2 Å². The largest absolute Gasteiger partial charge is 0.293 e. The van der Waals surface area contributed by atoms with Crippen molar-refractivity contribution in [2.75, 3.05) is 0 Å². The van der Waals surface area contributed by atoms with E-state index in [-0.39, 0.29) is 11.7 Å². The van der Waals surface area contributed by atoms with Crippen LogP contribution in [0, 0.1) is 0 Å². The Bertz CT molecular complexity index is 569. The van der Waals surface area contributed by atoms with Crippen molar-refractivity contribution in [1.82, 2.24) is 4.98 Å². The third kappa shape index (κ3) is 2.71. The highest BCUT2D eigenvalue weighted by atomic mass is 35.5. The third-order valence-corrected chi connectivity index (χ3v) is 3.34. The Morgan fingerprint density at radius 3 is 2.44 bits per heavy atom. The molecular weight excluding hydrogens is 269 g/mol. The summed E-state index contributed by atoms with van der Waals surface area (Å²) in [6.07, 6.45) is 3.34. The second-order valence-corrected chi connectivity index (χ2v) is 4.83. The number of pyridine rings is 1. The number of halogens is 2. The van der Waals surface area contributed by atoms with Crippen molar-refractivity contribution in [3.05, 3.63) is 63.9 Å². The van der Waals surface area contributed by atoms with Crippen LogP contribution in [0.25, 0.3) is 0 Å². The van der Waals surface area contributed by atoms with Gasteiger partial charge < -0.3 is 0 Å². The topological polar surface area (TPSA) is 30.0 Å². The lowest BCUT2D eigenvalue weighted by Gasteiger charge is -2.11. The zero-order chi connectivity index (χ0) is 13.1. The highest BCUT2D eigenvalue weighted by molar-refractivity contribution is 6.37. The van der Waals surface area contributed by atoms with Crippen LogP contribution in [0.4, 0.5) is 0 Å². The standard InChI is InChI=1S/C14H11Cl2NO/c1-9(10-4-6-17-7-5-10)14(18)12-3-2-11(15)8-13(12)16/h2-9H,1H3. The molecular formula is C14H11Cl2NO. The summed E-state index contributed by atoms with van der Waals surface area (Å²) in [6.45, 7) is 1.85. The maximum absolute atomic E-state index is 12.3. The highest BCUT2D eigenvalue weighted by Gasteiger charge is 2.19. The molecule has 1 atom stereocenters. The molecule has 0 spiro atoms. The monoisotopic (exact) mass is 279 g/mol. The number of carbonyl (C=O) groups excluding carboxylic acids is 1. The molecule has 2 rings (SSSR count). The number of carbonyl (C=O) groups is 1. The number of nitrogens with zero attached hydrogens (tertiary/aromatic N) is 1. The smallest absolute Gasteiger partial charge is 0.171 e. The Morgan fingerprint density at radius 2 is 1.83 bits per heavy atom. The molecule has 0 saturated heterocycles. The first-order valence-corrected chi connectivity index (χ1v) is 6.24. The van der Waals surface area contributed by atoms with Crippen molar-refractivity contribution in [2.45, 2.75) is 12.8 Å². The summed E-state index contributed by atoms with van der Waals surface area (Å²) in [5.74, 6) is -0.283. The summed E-state index contributed by atoms with van der Waals surface area (Å²) in [4.78, 5) is 16.3. The van der Waals surface area contributed by atoms with Gasteiger partial charge in [-0.05, 0) is 35.9 Å². The van der Waals surface area contributed by atoms with Gasteiger partial charge in [-0.1, -0.05) is 30.1 Å². The molecule has 0 aliphatic heterocycles. The van der Waals surface area contributed by atoms with Crippen LogP contribution in [0.2, 0.25) is 10.0 Å². The van der Waals surface area contributed by atoms with Gasteiger partial charge in [0.2, 0.25) is 0 Å². The predicted molar refractivity (Wildman–Crippen MR) is 73.4 cm³/mol.